The zero-order chi connectivity index (χ0) is 23.6. The first kappa shape index (κ1) is 23.0. The van der Waals surface area contributed by atoms with Crippen LogP contribution in [0.4, 0.5) is 13.2 Å². The fourth-order valence-corrected chi connectivity index (χ4v) is 4.16. The molecule has 4 rings (SSSR count). The molecule has 33 heavy (non-hydrogen) atoms. The van der Waals surface area contributed by atoms with Crippen LogP contribution in [0.15, 0.2) is 54.6 Å². The van der Waals surface area contributed by atoms with E-state index in [1.165, 1.54) is 12.1 Å². The summed E-state index contributed by atoms with van der Waals surface area (Å²) < 4.78 is 40.8. The number of alkyl halides is 3. The van der Waals surface area contributed by atoms with Crippen molar-refractivity contribution < 1.29 is 18.0 Å². The monoisotopic (exact) mass is 456 g/mol. The zero-order valence-electron chi connectivity index (χ0n) is 18.8. The third-order valence-corrected chi connectivity index (χ3v) is 5.96. The van der Waals surface area contributed by atoms with Crippen molar-refractivity contribution in [1.29, 1.82) is 0 Å². The molecule has 1 aliphatic rings. The molecule has 0 atom stereocenters. The molecule has 1 fully saturated rings. The van der Waals surface area contributed by atoms with Crippen LogP contribution in [0.1, 0.15) is 38.4 Å². The Morgan fingerprint density at radius 2 is 1.61 bits per heavy atom. The van der Waals surface area contributed by atoms with Crippen LogP contribution in [0.5, 0.6) is 0 Å². The lowest BCUT2D eigenvalue weighted by Crippen LogP contribution is -2.48. The number of piperazine rings is 1. The molecule has 1 saturated heterocycles. The van der Waals surface area contributed by atoms with E-state index in [0.717, 1.165) is 23.0 Å². The number of carbonyl (C=O) groups is 1. The van der Waals surface area contributed by atoms with E-state index in [4.69, 9.17) is 0 Å². The molecule has 3 aromatic rings. The lowest BCUT2D eigenvalue weighted by Gasteiger charge is -2.35. The van der Waals surface area contributed by atoms with Gasteiger partial charge in [0.1, 0.15) is 0 Å². The minimum Gasteiger partial charge on any atom is -0.336 e. The highest BCUT2D eigenvalue weighted by Crippen LogP contribution is 2.29. The van der Waals surface area contributed by atoms with Crippen molar-refractivity contribution in [3.05, 3.63) is 88.2 Å². The Kier molecular flexibility index (Phi) is 6.56. The fourth-order valence-electron chi connectivity index (χ4n) is 4.16. The minimum absolute atomic E-state index is 0.0219. The van der Waals surface area contributed by atoms with Crippen LogP contribution in [-0.4, -0.2) is 51.7 Å². The van der Waals surface area contributed by atoms with E-state index in [0.29, 0.717) is 50.4 Å². The summed E-state index contributed by atoms with van der Waals surface area (Å²) in [6, 6.07) is 15.1. The molecule has 0 spiro atoms. The van der Waals surface area contributed by atoms with Crippen molar-refractivity contribution in [1.82, 2.24) is 19.6 Å². The van der Waals surface area contributed by atoms with E-state index in [1.807, 2.05) is 48.9 Å². The normalized spacial score (nSPS) is 15.1. The largest absolute Gasteiger partial charge is 0.416 e. The van der Waals surface area contributed by atoms with E-state index in [9.17, 15) is 18.0 Å². The van der Waals surface area contributed by atoms with Gasteiger partial charge < -0.3 is 4.90 Å². The zero-order valence-corrected chi connectivity index (χ0v) is 18.8. The Bertz CT molecular complexity index is 1110. The minimum atomic E-state index is -4.34. The van der Waals surface area contributed by atoms with Gasteiger partial charge in [0, 0.05) is 44.0 Å². The second-order valence-electron chi connectivity index (χ2n) is 8.55. The van der Waals surface area contributed by atoms with Gasteiger partial charge in [-0.25, -0.2) is 0 Å². The summed E-state index contributed by atoms with van der Waals surface area (Å²) in [5.41, 5.74) is 3.78. The summed E-state index contributed by atoms with van der Waals surface area (Å²) in [4.78, 5) is 16.8. The molecule has 174 valence electrons. The molecule has 0 N–H and O–H groups in total. The van der Waals surface area contributed by atoms with Crippen molar-refractivity contribution in [2.45, 2.75) is 33.1 Å². The van der Waals surface area contributed by atoms with Gasteiger partial charge in [-0.2, -0.15) is 18.3 Å². The van der Waals surface area contributed by atoms with Crippen LogP contribution in [0.25, 0.3) is 0 Å². The second-order valence-corrected chi connectivity index (χ2v) is 8.55. The predicted molar refractivity (Wildman–Crippen MR) is 120 cm³/mol. The van der Waals surface area contributed by atoms with Crippen molar-refractivity contribution in [3.8, 4) is 0 Å². The molecule has 0 unspecified atom stereocenters. The average Bonchev–Trinajstić information content (AvgIpc) is 3.10. The standard InChI is InChI=1S/C25H27F3N4O/c1-18-14-19(2)32(29-18)17-20-6-8-22(9-7-20)24(33)31-12-10-30(11-13-31)16-21-4-3-5-23(15-21)25(26,27)28/h3-9,14-15H,10-13,16-17H2,1-2H3. The molecule has 1 aromatic heterocycles. The number of amides is 1. The van der Waals surface area contributed by atoms with Crippen LogP contribution in [0.3, 0.4) is 0 Å². The lowest BCUT2D eigenvalue weighted by atomic mass is 10.1. The number of hydrogen-bond donors (Lipinski definition) is 0. The average molecular weight is 457 g/mol. The molecule has 1 amide bonds. The molecule has 2 aromatic carbocycles. The lowest BCUT2D eigenvalue weighted by molar-refractivity contribution is -0.137. The number of benzene rings is 2. The molecule has 1 aliphatic heterocycles. The first-order valence-electron chi connectivity index (χ1n) is 11.0. The predicted octanol–water partition coefficient (Wildman–Crippen LogP) is 4.53. The second kappa shape index (κ2) is 9.39. The number of aromatic nitrogens is 2. The van der Waals surface area contributed by atoms with Crippen molar-refractivity contribution in [3.63, 3.8) is 0 Å². The quantitative estimate of drug-likeness (QED) is 0.567. The van der Waals surface area contributed by atoms with Gasteiger partial charge in [0.2, 0.25) is 0 Å². The van der Waals surface area contributed by atoms with Crippen LogP contribution >= 0.6 is 0 Å². The van der Waals surface area contributed by atoms with Crippen LogP contribution in [-0.2, 0) is 19.3 Å². The Balaban J connectivity index is 1.31. The number of halogens is 3. The van der Waals surface area contributed by atoms with Crippen LogP contribution < -0.4 is 0 Å². The van der Waals surface area contributed by atoms with Gasteiger partial charge in [-0.1, -0.05) is 30.3 Å². The number of rotatable bonds is 5. The SMILES string of the molecule is Cc1cc(C)n(Cc2ccc(C(=O)N3CCN(Cc4cccc(C(F)(F)F)c4)CC3)cc2)n1. The fraction of sp³-hybridized carbons (Fsp3) is 0.360. The summed E-state index contributed by atoms with van der Waals surface area (Å²) in [5, 5.41) is 4.47. The molecular formula is C25H27F3N4O. The number of carbonyl (C=O) groups excluding carboxylic acids is 1. The van der Waals surface area contributed by atoms with E-state index in [2.05, 4.69) is 10.00 Å². The topological polar surface area (TPSA) is 41.4 Å². The van der Waals surface area contributed by atoms with Gasteiger partial charge in [0.15, 0.2) is 0 Å². The first-order valence-corrected chi connectivity index (χ1v) is 11.0. The molecule has 0 radical (unpaired) electrons. The van der Waals surface area contributed by atoms with Gasteiger partial charge >= 0.3 is 6.18 Å². The summed E-state index contributed by atoms with van der Waals surface area (Å²) in [5.74, 6) is -0.0219. The molecule has 0 saturated carbocycles. The van der Waals surface area contributed by atoms with Crippen LogP contribution in [0.2, 0.25) is 0 Å². The molecular weight excluding hydrogens is 429 g/mol. The van der Waals surface area contributed by atoms with Gasteiger partial charge in [0.25, 0.3) is 5.91 Å². The highest BCUT2D eigenvalue weighted by Gasteiger charge is 2.30. The van der Waals surface area contributed by atoms with Crippen molar-refractivity contribution >= 4 is 5.91 Å². The smallest absolute Gasteiger partial charge is 0.336 e. The van der Waals surface area contributed by atoms with Gasteiger partial charge in [-0.05, 0) is 49.2 Å². The maximum atomic E-state index is 12.9. The Morgan fingerprint density at radius 1 is 0.909 bits per heavy atom. The van der Waals surface area contributed by atoms with E-state index < -0.39 is 11.7 Å². The molecule has 0 aliphatic carbocycles. The van der Waals surface area contributed by atoms with Crippen molar-refractivity contribution in [2.75, 3.05) is 26.2 Å². The maximum Gasteiger partial charge on any atom is 0.416 e. The number of hydrogen-bond acceptors (Lipinski definition) is 3. The summed E-state index contributed by atoms with van der Waals surface area (Å²) in [6.07, 6.45) is -4.34. The van der Waals surface area contributed by atoms with E-state index in [-0.39, 0.29) is 5.91 Å². The molecule has 0 bridgehead atoms. The van der Waals surface area contributed by atoms with Gasteiger partial charge in [-0.15, -0.1) is 0 Å². The van der Waals surface area contributed by atoms with E-state index >= 15 is 0 Å². The highest BCUT2D eigenvalue weighted by atomic mass is 19.4. The summed E-state index contributed by atoms with van der Waals surface area (Å²) in [7, 11) is 0. The van der Waals surface area contributed by atoms with E-state index in [1.54, 1.807) is 11.0 Å². The Hall–Kier alpha value is -3.13. The Morgan fingerprint density at radius 3 is 2.21 bits per heavy atom. The molecule has 5 nitrogen and oxygen atoms in total. The first-order chi connectivity index (χ1) is 15.7. The van der Waals surface area contributed by atoms with Crippen molar-refractivity contribution in [2.24, 2.45) is 0 Å². The third-order valence-electron chi connectivity index (χ3n) is 5.96. The number of aryl methyl sites for hydroxylation is 2. The van der Waals surface area contributed by atoms with Crippen LogP contribution in [0, 0.1) is 13.8 Å². The van der Waals surface area contributed by atoms with Gasteiger partial charge in [-0.3, -0.25) is 14.4 Å². The number of nitrogens with zero attached hydrogens (tertiary/aromatic N) is 4. The highest BCUT2D eigenvalue weighted by molar-refractivity contribution is 5.94. The van der Waals surface area contributed by atoms with Gasteiger partial charge in [0.05, 0.1) is 17.8 Å². The molecule has 2 heterocycles. The molecule has 8 heteroatoms. The summed E-state index contributed by atoms with van der Waals surface area (Å²) >= 11 is 0. The summed E-state index contributed by atoms with van der Waals surface area (Å²) in [6.45, 7) is 7.41. The maximum absolute atomic E-state index is 12.9. The Labute approximate surface area is 191 Å². The third kappa shape index (κ3) is 5.63.